The van der Waals surface area contributed by atoms with Gasteiger partial charge in [0.25, 0.3) is 0 Å². The third-order valence-electron chi connectivity index (χ3n) is 2.27. The maximum Gasteiger partial charge on any atom is 0.114 e. The van der Waals surface area contributed by atoms with Gasteiger partial charge in [0.2, 0.25) is 0 Å². The second kappa shape index (κ2) is 9.61. The molecule has 13 heavy (non-hydrogen) atoms. The number of aliphatic hydroxyl groups excluding tert-OH is 1. The Balaban J connectivity index is 2.96. The van der Waals surface area contributed by atoms with Crippen LogP contribution in [0.1, 0.15) is 58.3 Å². The van der Waals surface area contributed by atoms with Crippen molar-refractivity contribution in [3.63, 3.8) is 0 Å². The summed E-state index contributed by atoms with van der Waals surface area (Å²) >= 11 is 0. The molecule has 0 aliphatic carbocycles. The second-order valence-electron chi connectivity index (χ2n) is 3.59. The third kappa shape index (κ3) is 9.43. The Kier molecular flexibility index (Phi) is 9.25. The lowest BCUT2D eigenvalue weighted by molar-refractivity contribution is 0.217. The van der Waals surface area contributed by atoms with Gasteiger partial charge in [0.1, 0.15) is 6.10 Å². The van der Waals surface area contributed by atoms with Gasteiger partial charge < -0.3 is 5.11 Å². The number of hydrogen-bond acceptors (Lipinski definition) is 1. The fourth-order valence-corrected chi connectivity index (χ4v) is 1.38. The van der Waals surface area contributed by atoms with Gasteiger partial charge in [0.05, 0.1) is 0 Å². The molecule has 0 fully saturated rings. The van der Waals surface area contributed by atoms with Gasteiger partial charge in [-0.05, 0) is 12.8 Å². The molecule has 0 aromatic rings. The lowest BCUT2D eigenvalue weighted by Gasteiger charge is -2.02. The molecule has 0 saturated carbocycles. The molecule has 0 unspecified atom stereocenters. The SMILES string of the molecule is C#C[C@H](O)CCCCCCCCC. The molecule has 0 aromatic carbocycles. The highest BCUT2D eigenvalue weighted by Crippen LogP contribution is 2.09. The molecule has 0 amide bonds. The van der Waals surface area contributed by atoms with Crippen LogP contribution in [0.4, 0.5) is 0 Å². The van der Waals surface area contributed by atoms with Crippen LogP contribution in [0.2, 0.25) is 0 Å². The molecule has 1 atom stereocenters. The highest BCUT2D eigenvalue weighted by Gasteiger charge is 1.97. The summed E-state index contributed by atoms with van der Waals surface area (Å²) in [5, 5.41) is 9.06. The van der Waals surface area contributed by atoms with E-state index in [1.165, 1.54) is 38.5 Å². The van der Waals surface area contributed by atoms with Crippen LogP contribution >= 0.6 is 0 Å². The van der Waals surface area contributed by atoms with Crippen molar-refractivity contribution in [2.75, 3.05) is 0 Å². The molecule has 0 radical (unpaired) electrons. The molecule has 76 valence electrons. The Morgan fingerprint density at radius 3 is 2.15 bits per heavy atom. The lowest BCUT2D eigenvalue weighted by atomic mass is 10.1. The molecule has 0 bridgehead atoms. The zero-order chi connectivity index (χ0) is 9.94. The van der Waals surface area contributed by atoms with Crippen molar-refractivity contribution >= 4 is 0 Å². The van der Waals surface area contributed by atoms with Crippen LogP contribution in [0.25, 0.3) is 0 Å². The van der Waals surface area contributed by atoms with Gasteiger partial charge in [-0.15, -0.1) is 6.42 Å². The van der Waals surface area contributed by atoms with Crippen LogP contribution in [0.3, 0.4) is 0 Å². The maximum atomic E-state index is 9.06. The van der Waals surface area contributed by atoms with Gasteiger partial charge >= 0.3 is 0 Å². The molecule has 0 aliphatic rings. The fourth-order valence-electron chi connectivity index (χ4n) is 1.38. The molecule has 0 rings (SSSR count). The Hall–Kier alpha value is -0.480. The molecule has 1 nitrogen and oxygen atoms in total. The number of aliphatic hydroxyl groups is 1. The van der Waals surface area contributed by atoms with Crippen LogP contribution < -0.4 is 0 Å². The topological polar surface area (TPSA) is 20.2 Å². The van der Waals surface area contributed by atoms with Gasteiger partial charge in [0, 0.05) is 0 Å². The zero-order valence-corrected chi connectivity index (χ0v) is 8.76. The Bertz CT molecular complexity index is 135. The molecule has 1 N–H and O–H groups in total. The first-order valence-electron chi connectivity index (χ1n) is 5.45. The molecule has 0 aliphatic heterocycles. The Morgan fingerprint density at radius 2 is 1.62 bits per heavy atom. The summed E-state index contributed by atoms with van der Waals surface area (Å²) in [5.41, 5.74) is 0. The lowest BCUT2D eigenvalue weighted by Crippen LogP contribution is -2.01. The van der Waals surface area contributed by atoms with Crippen molar-refractivity contribution < 1.29 is 5.11 Å². The van der Waals surface area contributed by atoms with Crippen LogP contribution in [-0.2, 0) is 0 Å². The van der Waals surface area contributed by atoms with E-state index in [9.17, 15) is 0 Å². The minimum Gasteiger partial charge on any atom is -0.380 e. The van der Waals surface area contributed by atoms with Crippen LogP contribution in [0.15, 0.2) is 0 Å². The number of rotatable bonds is 8. The smallest absolute Gasteiger partial charge is 0.114 e. The first kappa shape index (κ1) is 12.5. The summed E-state index contributed by atoms with van der Waals surface area (Å²) in [6, 6.07) is 0. The molecule has 1 heteroatoms. The summed E-state index contributed by atoms with van der Waals surface area (Å²) < 4.78 is 0. The average molecular weight is 182 g/mol. The summed E-state index contributed by atoms with van der Waals surface area (Å²) in [7, 11) is 0. The van der Waals surface area contributed by atoms with Crippen molar-refractivity contribution in [1.82, 2.24) is 0 Å². The predicted molar refractivity (Wildman–Crippen MR) is 57.4 cm³/mol. The van der Waals surface area contributed by atoms with E-state index >= 15 is 0 Å². The van der Waals surface area contributed by atoms with Crippen molar-refractivity contribution in [2.24, 2.45) is 0 Å². The highest BCUT2D eigenvalue weighted by atomic mass is 16.3. The fraction of sp³-hybridized carbons (Fsp3) is 0.833. The van der Waals surface area contributed by atoms with Crippen molar-refractivity contribution in [3.8, 4) is 12.3 Å². The Morgan fingerprint density at radius 1 is 1.08 bits per heavy atom. The van der Waals surface area contributed by atoms with Crippen LogP contribution in [0, 0.1) is 12.3 Å². The van der Waals surface area contributed by atoms with E-state index < -0.39 is 6.10 Å². The normalized spacial score (nSPS) is 12.4. The van der Waals surface area contributed by atoms with E-state index in [0.717, 1.165) is 12.8 Å². The van der Waals surface area contributed by atoms with E-state index in [-0.39, 0.29) is 0 Å². The van der Waals surface area contributed by atoms with Crippen LogP contribution in [0.5, 0.6) is 0 Å². The van der Waals surface area contributed by atoms with E-state index in [0.29, 0.717) is 0 Å². The molecular weight excluding hydrogens is 160 g/mol. The molecule has 0 spiro atoms. The number of terminal acetylenes is 1. The van der Waals surface area contributed by atoms with Crippen molar-refractivity contribution in [1.29, 1.82) is 0 Å². The highest BCUT2D eigenvalue weighted by molar-refractivity contribution is 4.92. The van der Waals surface area contributed by atoms with E-state index in [1.54, 1.807) is 0 Å². The van der Waals surface area contributed by atoms with E-state index in [1.807, 2.05) is 0 Å². The van der Waals surface area contributed by atoms with Gasteiger partial charge in [-0.3, -0.25) is 0 Å². The van der Waals surface area contributed by atoms with Crippen molar-refractivity contribution in [2.45, 2.75) is 64.4 Å². The van der Waals surface area contributed by atoms with Crippen LogP contribution in [-0.4, -0.2) is 11.2 Å². The number of unbranched alkanes of at least 4 members (excludes halogenated alkanes) is 6. The number of hydrogen-bond donors (Lipinski definition) is 1. The van der Waals surface area contributed by atoms with Gasteiger partial charge in [-0.25, -0.2) is 0 Å². The van der Waals surface area contributed by atoms with Crippen molar-refractivity contribution in [3.05, 3.63) is 0 Å². The zero-order valence-electron chi connectivity index (χ0n) is 8.76. The van der Waals surface area contributed by atoms with E-state index in [2.05, 4.69) is 12.8 Å². The molecule has 0 saturated heterocycles. The molecule has 0 heterocycles. The standard InChI is InChI=1S/C12H22O/c1-3-5-6-7-8-9-10-11-12(13)4-2/h2,12-13H,3,5-11H2,1H3/t12-/m0/s1. The summed E-state index contributed by atoms with van der Waals surface area (Å²) in [6.07, 6.45) is 14.2. The predicted octanol–water partition coefficient (Wildman–Crippen LogP) is 3.12. The first-order chi connectivity index (χ1) is 6.31. The molecule has 0 aromatic heterocycles. The first-order valence-corrected chi connectivity index (χ1v) is 5.45. The quantitative estimate of drug-likeness (QED) is 0.451. The average Bonchev–Trinajstić information content (AvgIpc) is 2.16. The van der Waals surface area contributed by atoms with Gasteiger partial charge in [0.15, 0.2) is 0 Å². The summed E-state index contributed by atoms with van der Waals surface area (Å²) in [5.74, 6) is 2.33. The monoisotopic (exact) mass is 182 g/mol. The minimum absolute atomic E-state index is 0.518. The maximum absolute atomic E-state index is 9.06. The minimum atomic E-state index is -0.518. The second-order valence-corrected chi connectivity index (χ2v) is 3.59. The largest absolute Gasteiger partial charge is 0.380 e. The van der Waals surface area contributed by atoms with Gasteiger partial charge in [-0.1, -0.05) is 51.4 Å². The van der Waals surface area contributed by atoms with E-state index in [4.69, 9.17) is 11.5 Å². The summed E-state index contributed by atoms with van der Waals surface area (Å²) in [6.45, 7) is 2.23. The molecular formula is C12H22O. The summed E-state index contributed by atoms with van der Waals surface area (Å²) in [4.78, 5) is 0. The Labute approximate surface area is 82.5 Å². The van der Waals surface area contributed by atoms with Gasteiger partial charge in [-0.2, -0.15) is 0 Å². The third-order valence-corrected chi connectivity index (χ3v) is 2.27.